The van der Waals surface area contributed by atoms with Crippen molar-refractivity contribution in [1.82, 2.24) is 0 Å². The number of rotatable bonds is 43. The van der Waals surface area contributed by atoms with E-state index in [-0.39, 0.29) is 18.8 Å². The van der Waals surface area contributed by atoms with Crippen molar-refractivity contribution in [1.29, 1.82) is 0 Å². The van der Waals surface area contributed by atoms with Gasteiger partial charge >= 0.3 is 11.9 Å². The van der Waals surface area contributed by atoms with Gasteiger partial charge in [0.15, 0.2) is 0 Å². The van der Waals surface area contributed by atoms with Crippen LogP contribution < -0.4 is 0 Å². The van der Waals surface area contributed by atoms with Crippen molar-refractivity contribution >= 4 is 22.1 Å². The van der Waals surface area contributed by atoms with E-state index in [4.69, 9.17) is 9.47 Å². The standard InChI is InChI=1S/C52H90O7S/c1-3-5-7-9-11-13-15-17-19-21-23-25-27-29-31-33-35-37-39-41-46-58-51(53)48-44-43-45-49(60(55,56)57)50(48)52(54)59-47-42-40-38-36-34-32-30-28-26-24-22-20-18-16-14-12-10-8-6-4-2/h21-24,43-45H,3-20,25-42,46-47H2,1-2H3,(H,55,56,57)/b23-21+,24-22+. The summed E-state index contributed by atoms with van der Waals surface area (Å²) in [4.78, 5) is 25.4. The van der Waals surface area contributed by atoms with Gasteiger partial charge in [0, 0.05) is 0 Å². The zero-order valence-corrected chi connectivity index (χ0v) is 39.5. The van der Waals surface area contributed by atoms with Crippen LogP contribution in [-0.4, -0.2) is 38.1 Å². The molecule has 7 nitrogen and oxygen atoms in total. The molecule has 0 saturated heterocycles. The summed E-state index contributed by atoms with van der Waals surface area (Å²) < 4.78 is 45.0. The Morgan fingerprint density at radius 3 is 1.08 bits per heavy atom. The fourth-order valence-electron chi connectivity index (χ4n) is 7.72. The molecule has 0 unspecified atom stereocenters. The lowest BCUT2D eigenvalue weighted by Crippen LogP contribution is -2.19. The molecule has 346 valence electrons. The van der Waals surface area contributed by atoms with Gasteiger partial charge in [-0.2, -0.15) is 8.42 Å². The van der Waals surface area contributed by atoms with Crippen molar-refractivity contribution in [3.8, 4) is 0 Å². The molecule has 0 radical (unpaired) electrons. The number of hydrogen-bond acceptors (Lipinski definition) is 6. The van der Waals surface area contributed by atoms with Crippen LogP contribution in [0.4, 0.5) is 0 Å². The second-order valence-corrected chi connectivity index (χ2v) is 18.5. The van der Waals surface area contributed by atoms with E-state index < -0.39 is 32.5 Å². The van der Waals surface area contributed by atoms with E-state index in [0.29, 0.717) is 12.8 Å². The molecular weight excluding hydrogens is 769 g/mol. The van der Waals surface area contributed by atoms with E-state index in [1.165, 1.54) is 192 Å². The van der Waals surface area contributed by atoms with Gasteiger partial charge in [-0.3, -0.25) is 4.55 Å². The predicted octanol–water partition coefficient (Wildman–Crippen LogP) is 16.4. The smallest absolute Gasteiger partial charge is 0.340 e. The second kappa shape index (κ2) is 40.6. The molecule has 0 heterocycles. The molecule has 60 heavy (non-hydrogen) atoms. The first kappa shape index (κ1) is 55.6. The molecule has 0 aliphatic rings. The first-order valence-corrected chi connectivity index (χ1v) is 26.5. The highest BCUT2D eigenvalue weighted by Gasteiger charge is 2.28. The molecule has 0 aromatic heterocycles. The molecule has 1 rings (SSSR count). The van der Waals surface area contributed by atoms with Gasteiger partial charge in [-0.25, -0.2) is 9.59 Å². The van der Waals surface area contributed by atoms with Gasteiger partial charge in [0.25, 0.3) is 10.1 Å². The molecule has 0 amide bonds. The van der Waals surface area contributed by atoms with Gasteiger partial charge in [0.05, 0.1) is 24.3 Å². The summed E-state index contributed by atoms with van der Waals surface area (Å²) in [5.74, 6) is -1.74. The maximum atomic E-state index is 13.1. The maximum Gasteiger partial charge on any atom is 0.340 e. The molecule has 0 atom stereocenters. The summed E-state index contributed by atoms with van der Waals surface area (Å²) in [6, 6.07) is 3.77. The minimum Gasteiger partial charge on any atom is -0.462 e. The Morgan fingerprint density at radius 1 is 0.450 bits per heavy atom. The first-order valence-electron chi connectivity index (χ1n) is 25.1. The highest BCUT2D eigenvalue weighted by Crippen LogP contribution is 2.23. The summed E-state index contributed by atoms with van der Waals surface area (Å²) in [6.45, 7) is 4.81. The second-order valence-electron chi connectivity index (χ2n) is 17.1. The van der Waals surface area contributed by atoms with E-state index in [0.717, 1.165) is 44.6 Å². The first-order chi connectivity index (χ1) is 29.3. The lowest BCUT2D eigenvalue weighted by Gasteiger charge is -2.13. The highest BCUT2D eigenvalue weighted by atomic mass is 32.2. The quantitative estimate of drug-likeness (QED) is 0.0302. The number of carbonyl (C=O) groups is 2. The number of ether oxygens (including phenoxy) is 2. The monoisotopic (exact) mass is 859 g/mol. The molecule has 0 spiro atoms. The summed E-state index contributed by atoms with van der Waals surface area (Å²) in [5, 5.41) is 0. The normalized spacial score (nSPS) is 11.9. The van der Waals surface area contributed by atoms with Crippen LogP contribution in [0.15, 0.2) is 47.4 Å². The van der Waals surface area contributed by atoms with E-state index >= 15 is 0 Å². The van der Waals surface area contributed by atoms with Crippen LogP contribution in [0.3, 0.4) is 0 Å². The number of hydrogen-bond donors (Lipinski definition) is 1. The fraction of sp³-hybridized carbons (Fsp3) is 0.769. The van der Waals surface area contributed by atoms with Gasteiger partial charge in [0.1, 0.15) is 4.90 Å². The lowest BCUT2D eigenvalue weighted by atomic mass is 10.1. The van der Waals surface area contributed by atoms with Crippen LogP contribution in [0.25, 0.3) is 0 Å². The van der Waals surface area contributed by atoms with Gasteiger partial charge in [0.2, 0.25) is 0 Å². The fourth-order valence-corrected chi connectivity index (χ4v) is 8.42. The average molecular weight is 859 g/mol. The zero-order valence-electron chi connectivity index (χ0n) is 38.7. The molecule has 0 aliphatic carbocycles. The van der Waals surface area contributed by atoms with Crippen LogP contribution in [0.5, 0.6) is 0 Å². The number of esters is 2. The Hall–Kier alpha value is -2.45. The van der Waals surface area contributed by atoms with Crippen molar-refractivity contribution in [2.45, 2.75) is 250 Å². The van der Waals surface area contributed by atoms with Gasteiger partial charge < -0.3 is 9.47 Å². The Bertz CT molecular complexity index is 1340. The number of carbonyl (C=O) groups excluding carboxylic acids is 2. The van der Waals surface area contributed by atoms with E-state index in [1.54, 1.807) is 0 Å². The molecular formula is C52H90O7S. The van der Waals surface area contributed by atoms with Gasteiger partial charge in [-0.1, -0.05) is 211 Å². The zero-order chi connectivity index (χ0) is 43.6. The molecule has 1 N–H and O–H groups in total. The van der Waals surface area contributed by atoms with E-state index in [1.807, 2.05) is 0 Å². The summed E-state index contributed by atoms with van der Waals surface area (Å²) in [5.41, 5.74) is -0.677. The maximum absolute atomic E-state index is 13.1. The molecule has 8 heteroatoms. The average Bonchev–Trinajstić information content (AvgIpc) is 3.24. The van der Waals surface area contributed by atoms with Gasteiger partial charge in [-0.15, -0.1) is 0 Å². The van der Waals surface area contributed by atoms with E-state index in [9.17, 15) is 22.6 Å². The van der Waals surface area contributed by atoms with E-state index in [2.05, 4.69) is 38.2 Å². The molecule has 0 bridgehead atoms. The third-order valence-corrected chi connectivity index (χ3v) is 12.4. The summed E-state index contributed by atoms with van der Waals surface area (Å²) in [7, 11) is -4.77. The topological polar surface area (TPSA) is 107 Å². The number of allylic oxidation sites excluding steroid dienone is 4. The third kappa shape index (κ3) is 32.3. The van der Waals surface area contributed by atoms with Crippen LogP contribution in [0, 0.1) is 0 Å². The van der Waals surface area contributed by atoms with Crippen molar-refractivity contribution in [2.75, 3.05) is 13.2 Å². The van der Waals surface area contributed by atoms with Crippen LogP contribution in [0.1, 0.15) is 266 Å². The molecule has 1 aromatic carbocycles. The largest absolute Gasteiger partial charge is 0.462 e. The molecule has 0 aliphatic heterocycles. The molecule has 1 aromatic rings. The Balaban J connectivity index is 2.17. The summed E-state index contributed by atoms with van der Waals surface area (Å²) >= 11 is 0. The lowest BCUT2D eigenvalue weighted by molar-refractivity contribution is 0.0446. The predicted molar refractivity (Wildman–Crippen MR) is 253 cm³/mol. The van der Waals surface area contributed by atoms with Crippen LogP contribution in [0.2, 0.25) is 0 Å². The SMILES string of the molecule is CCCCCCCCCC/C=C/CCCCCCCCCCOC(=O)c1cccc(S(=O)(=O)O)c1C(=O)OCCCCCCCCCC/C=C/CCCCCCCCCC. The Morgan fingerprint density at radius 2 is 0.750 bits per heavy atom. The Labute approximate surface area is 369 Å². The summed E-state index contributed by atoms with van der Waals surface area (Å²) in [6.07, 6.45) is 53.4. The number of unbranched alkanes of at least 4 members (excludes halogenated alkanes) is 32. The van der Waals surface area contributed by atoms with Crippen LogP contribution >= 0.6 is 0 Å². The van der Waals surface area contributed by atoms with Crippen molar-refractivity contribution in [3.63, 3.8) is 0 Å². The molecule has 0 fully saturated rings. The molecule has 0 saturated carbocycles. The van der Waals surface area contributed by atoms with Crippen molar-refractivity contribution in [2.24, 2.45) is 0 Å². The van der Waals surface area contributed by atoms with Gasteiger partial charge in [-0.05, 0) is 76.3 Å². The van der Waals surface area contributed by atoms with Crippen LogP contribution in [-0.2, 0) is 19.6 Å². The minimum absolute atomic E-state index is 0.106. The van der Waals surface area contributed by atoms with Crippen molar-refractivity contribution in [3.05, 3.63) is 53.6 Å². The third-order valence-electron chi connectivity index (χ3n) is 11.5. The highest BCUT2D eigenvalue weighted by molar-refractivity contribution is 7.86. The number of benzene rings is 1. The van der Waals surface area contributed by atoms with Crippen molar-refractivity contribution < 1.29 is 32.0 Å². The minimum atomic E-state index is -4.77. The Kier molecular flexibility index (Phi) is 37.6.